The third-order valence-corrected chi connectivity index (χ3v) is 1.72. The van der Waals surface area contributed by atoms with Gasteiger partial charge in [-0.05, 0) is 6.42 Å². The number of aryl methyl sites for hydroxylation is 1. The molecular formula is C5H8N2OS. The Morgan fingerprint density at radius 2 is 2.11 bits per heavy atom. The number of nitrogens with zero attached hydrogens (tertiary/aromatic N) is 2. The maximum absolute atomic E-state index is 8.64. The highest BCUT2D eigenvalue weighted by Crippen LogP contribution is 2.05. The van der Waals surface area contributed by atoms with Gasteiger partial charge in [0.25, 0.3) is 0 Å². The molecule has 0 aliphatic rings. The lowest BCUT2D eigenvalue weighted by Crippen LogP contribution is -1.89. The molecule has 0 radical (unpaired) electrons. The zero-order chi connectivity index (χ0) is 6.69. The summed E-state index contributed by atoms with van der Waals surface area (Å²) < 4.78 is 7.86. The molecule has 0 aromatic carbocycles. The van der Waals surface area contributed by atoms with Crippen LogP contribution in [0.1, 0.15) is 18.3 Å². The molecule has 0 unspecified atom stereocenters. The summed E-state index contributed by atoms with van der Waals surface area (Å²) in [6.45, 7) is 2.01. The molecule has 0 aliphatic carbocycles. The largest absolute Gasteiger partial charge is 0.390 e. The van der Waals surface area contributed by atoms with Crippen LogP contribution in [0.5, 0.6) is 0 Å². The van der Waals surface area contributed by atoms with E-state index >= 15 is 0 Å². The highest BCUT2D eigenvalue weighted by atomic mass is 32.1. The van der Waals surface area contributed by atoms with Crippen LogP contribution in [0.15, 0.2) is 0 Å². The number of aliphatic hydroxyl groups is 1. The molecule has 0 saturated heterocycles. The van der Waals surface area contributed by atoms with Crippen LogP contribution in [0.4, 0.5) is 0 Å². The molecular weight excluding hydrogens is 136 g/mol. The van der Waals surface area contributed by atoms with Crippen molar-refractivity contribution in [2.24, 2.45) is 0 Å². The van der Waals surface area contributed by atoms with E-state index in [1.54, 1.807) is 0 Å². The van der Waals surface area contributed by atoms with Crippen LogP contribution in [0, 0.1) is 0 Å². The first-order valence-electron chi connectivity index (χ1n) is 2.79. The highest BCUT2D eigenvalue weighted by Gasteiger charge is 2.01. The molecule has 3 nitrogen and oxygen atoms in total. The quantitative estimate of drug-likeness (QED) is 0.661. The molecule has 0 bridgehead atoms. The van der Waals surface area contributed by atoms with Crippen LogP contribution in [0.2, 0.25) is 0 Å². The Kier molecular flexibility index (Phi) is 2.13. The second kappa shape index (κ2) is 2.89. The van der Waals surface area contributed by atoms with Gasteiger partial charge in [0.1, 0.15) is 5.69 Å². The van der Waals surface area contributed by atoms with E-state index in [0.717, 1.165) is 29.5 Å². The van der Waals surface area contributed by atoms with Crippen molar-refractivity contribution in [2.45, 2.75) is 20.0 Å². The van der Waals surface area contributed by atoms with Gasteiger partial charge in [-0.25, -0.2) is 0 Å². The van der Waals surface area contributed by atoms with Crippen molar-refractivity contribution in [1.82, 2.24) is 8.75 Å². The lowest BCUT2D eigenvalue weighted by molar-refractivity contribution is 0.276. The topological polar surface area (TPSA) is 46.0 Å². The van der Waals surface area contributed by atoms with Gasteiger partial charge in [0.2, 0.25) is 0 Å². The smallest absolute Gasteiger partial charge is 0.103 e. The summed E-state index contributed by atoms with van der Waals surface area (Å²) in [5, 5.41) is 8.64. The third-order valence-electron chi connectivity index (χ3n) is 1.12. The minimum atomic E-state index is 0.0136. The Morgan fingerprint density at radius 1 is 1.44 bits per heavy atom. The monoisotopic (exact) mass is 144 g/mol. The van der Waals surface area contributed by atoms with E-state index in [1.807, 2.05) is 6.92 Å². The molecule has 0 saturated carbocycles. The second-order valence-corrected chi connectivity index (χ2v) is 2.20. The maximum atomic E-state index is 8.64. The van der Waals surface area contributed by atoms with Gasteiger partial charge in [-0.15, -0.1) is 0 Å². The molecule has 0 amide bonds. The van der Waals surface area contributed by atoms with Crippen molar-refractivity contribution in [3.63, 3.8) is 0 Å². The SMILES string of the molecule is CCc1nsnc1CO. The number of hydrogen-bond donors (Lipinski definition) is 1. The number of hydrogen-bond acceptors (Lipinski definition) is 4. The van der Waals surface area contributed by atoms with Gasteiger partial charge in [0, 0.05) is 0 Å². The molecule has 1 rings (SSSR count). The predicted octanol–water partition coefficient (Wildman–Crippen LogP) is 0.593. The summed E-state index contributed by atoms with van der Waals surface area (Å²) in [7, 11) is 0. The molecule has 1 aromatic rings. The molecule has 0 spiro atoms. The summed E-state index contributed by atoms with van der Waals surface area (Å²) in [4.78, 5) is 0. The van der Waals surface area contributed by atoms with Crippen molar-refractivity contribution in [1.29, 1.82) is 0 Å². The van der Waals surface area contributed by atoms with Gasteiger partial charge in [0.15, 0.2) is 0 Å². The van der Waals surface area contributed by atoms with Gasteiger partial charge in [-0.1, -0.05) is 6.92 Å². The van der Waals surface area contributed by atoms with Crippen molar-refractivity contribution in [3.05, 3.63) is 11.4 Å². The summed E-state index contributed by atoms with van der Waals surface area (Å²) in [6, 6.07) is 0. The molecule has 0 aliphatic heterocycles. The van der Waals surface area contributed by atoms with Crippen molar-refractivity contribution in [2.75, 3.05) is 0 Å². The average molecular weight is 144 g/mol. The maximum Gasteiger partial charge on any atom is 0.103 e. The van der Waals surface area contributed by atoms with Crippen molar-refractivity contribution < 1.29 is 5.11 Å². The molecule has 9 heavy (non-hydrogen) atoms. The van der Waals surface area contributed by atoms with E-state index in [4.69, 9.17) is 5.11 Å². The van der Waals surface area contributed by atoms with Gasteiger partial charge < -0.3 is 5.11 Å². The van der Waals surface area contributed by atoms with Gasteiger partial charge in [-0.3, -0.25) is 0 Å². The summed E-state index contributed by atoms with van der Waals surface area (Å²) in [6.07, 6.45) is 0.854. The molecule has 4 heteroatoms. The third kappa shape index (κ3) is 1.25. The lowest BCUT2D eigenvalue weighted by Gasteiger charge is -1.88. The minimum absolute atomic E-state index is 0.0136. The normalized spacial score (nSPS) is 10.0. The van der Waals surface area contributed by atoms with Crippen LogP contribution in [0.3, 0.4) is 0 Å². The molecule has 50 valence electrons. The highest BCUT2D eigenvalue weighted by molar-refractivity contribution is 6.99. The minimum Gasteiger partial charge on any atom is -0.390 e. The van der Waals surface area contributed by atoms with Gasteiger partial charge in [-0.2, -0.15) is 8.75 Å². The van der Waals surface area contributed by atoms with E-state index in [2.05, 4.69) is 8.75 Å². The molecule has 1 aromatic heterocycles. The fourth-order valence-corrected chi connectivity index (χ4v) is 1.25. The van der Waals surface area contributed by atoms with Gasteiger partial charge >= 0.3 is 0 Å². The Morgan fingerprint density at radius 3 is 2.56 bits per heavy atom. The van der Waals surface area contributed by atoms with E-state index < -0.39 is 0 Å². The number of aromatic nitrogens is 2. The zero-order valence-electron chi connectivity index (χ0n) is 5.16. The summed E-state index contributed by atoms with van der Waals surface area (Å²) in [5.74, 6) is 0. The number of rotatable bonds is 2. The molecule has 1 heterocycles. The van der Waals surface area contributed by atoms with Crippen LogP contribution >= 0.6 is 11.7 Å². The van der Waals surface area contributed by atoms with Crippen LogP contribution in [-0.2, 0) is 13.0 Å². The Bertz CT molecular complexity index is 168. The van der Waals surface area contributed by atoms with E-state index in [-0.39, 0.29) is 6.61 Å². The first-order valence-corrected chi connectivity index (χ1v) is 3.52. The van der Waals surface area contributed by atoms with Crippen LogP contribution in [-0.4, -0.2) is 13.9 Å². The Hall–Kier alpha value is -0.480. The van der Waals surface area contributed by atoms with E-state index in [1.165, 1.54) is 0 Å². The number of aliphatic hydroxyl groups excluding tert-OH is 1. The summed E-state index contributed by atoms with van der Waals surface area (Å²) >= 11 is 1.16. The Labute approximate surface area is 57.7 Å². The van der Waals surface area contributed by atoms with E-state index in [0.29, 0.717) is 0 Å². The molecule has 0 fully saturated rings. The molecule has 1 N–H and O–H groups in total. The first-order chi connectivity index (χ1) is 4.38. The van der Waals surface area contributed by atoms with Crippen LogP contribution in [0.25, 0.3) is 0 Å². The standard InChI is InChI=1S/C5H8N2OS/c1-2-4-5(3-8)7-9-6-4/h8H,2-3H2,1H3. The van der Waals surface area contributed by atoms with Gasteiger partial charge in [0.05, 0.1) is 24.0 Å². The van der Waals surface area contributed by atoms with Crippen molar-refractivity contribution >= 4 is 11.7 Å². The first kappa shape index (κ1) is 6.64. The zero-order valence-corrected chi connectivity index (χ0v) is 5.98. The summed E-state index contributed by atoms with van der Waals surface area (Å²) in [5.41, 5.74) is 1.64. The van der Waals surface area contributed by atoms with E-state index in [9.17, 15) is 0 Å². The van der Waals surface area contributed by atoms with Crippen molar-refractivity contribution in [3.8, 4) is 0 Å². The fraction of sp³-hybridized carbons (Fsp3) is 0.600. The molecule has 0 atom stereocenters. The van der Waals surface area contributed by atoms with Crippen LogP contribution < -0.4 is 0 Å². The lowest BCUT2D eigenvalue weighted by atomic mass is 10.3. The fourth-order valence-electron chi connectivity index (χ4n) is 0.613. The predicted molar refractivity (Wildman–Crippen MR) is 35.2 cm³/mol. The average Bonchev–Trinajstić information content (AvgIpc) is 2.33. The second-order valence-electron chi connectivity index (χ2n) is 1.67. The Balaban J connectivity index is 2.85.